The zero-order chi connectivity index (χ0) is 25.3. The lowest BCUT2D eigenvalue weighted by molar-refractivity contribution is -0.153. The summed E-state index contributed by atoms with van der Waals surface area (Å²) in [7, 11) is 1.62. The predicted octanol–water partition coefficient (Wildman–Crippen LogP) is 3.83. The van der Waals surface area contributed by atoms with Crippen LogP contribution in [-0.2, 0) is 14.3 Å². The first-order valence-electron chi connectivity index (χ1n) is 11.8. The Balaban J connectivity index is 1.77. The van der Waals surface area contributed by atoms with Crippen LogP contribution < -0.4 is 10.5 Å². The molecule has 1 saturated heterocycles. The number of hydrogen-bond acceptors (Lipinski definition) is 7. The number of carbonyl (C=O) groups is 2. The molecule has 0 aliphatic carbocycles. The Morgan fingerprint density at radius 1 is 1.23 bits per heavy atom. The molecular weight excluding hydrogens is 446 g/mol. The van der Waals surface area contributed by atoms with E-state index in [9.17, 15) is 9.59 Å². The first-order valence-corrected chi connectivity index (χ1v) is 11.8. The van der Waals surface area contributed by atoms with Crippen LogP contribution in [0.1, 0.15) is 46.6 Å². The van der Waals surface area contributed by atoms with E-state index in [0.717, 1.165) is 22.3 Å². The van der Waals surface area contributed by atoms with Gasteiger partial charge in [-0.05, 0) is 30.0 Å². The van der Waals surface area contributed by atoms with Crippen molar-refractivity contribution in [3.8, 4) is 16.9 Å². The molecule has 2 aromatic heterocycles. The van der Waals surface area contributed by atoms with Crippen molar-refractivity contribution >= 4 is 28.7 Å². The predicted molar refractivity (Wildman–Crippen MR) is 134 cm³/mol. The summed E-state index contributed by atoms with van der Waals surface area (Å²) in [5.74, 6) is 0.653. The Morgan fingerprint density at radius 2 is 2.00 bits per heavy atom. The molecule has 1 aliphatic heterocycles. The smallest absolute Gasteiger partial charge is 0.328 e. The van der Waals surface area contributed by atoms with E-state index in [1.807, 2.05) is 55.8 Å². The monoisotopic (exact) mass is 479 g/mol. The molecule has 0 radical (unpaired) electrons. The lowest BCUT2D eigenvalue weighted by Gasteiger charge is -2.26. The Hall–Kier alpha value is -3.62. The molecule has 2 N–H and O–H groups in total. The largest absolute Gasteiger partial charge is 0.497 e. The minimum Gasteiger partial charge on any atom is -0.497 e. The second-order valence-electron chi connectivity index (χ2n) is 10.1. The summed E-state index contributed by atoms with van der Waals surface area (Å²) in [6, 6.07) is 6.87. The average molecular weight is 480 g/mol. The molecule has 0 saturated carbocycles. The van der Waals surface area contributed by atoms with Gasteiger partial charge in [-0.1, -0.05) is 32.9 Å². The first-order chi connectivity index (χ1) is 16.6. The molecule has 4 rings (SSSR count). The van der Waals surface area contributed by atoms with E-state index in [1.165, 1.54) is 6.33 Å². The number of nitrogens with zero attached hydrogens (tertiary/aromatic N) is 4. The molecule has 1 fully saturated rings. The fourth-order valence-electron chi connectivity index (χ4n) is 4.70. The molecule has 1 aromatic carbocycles. The van der Waals surface area contributed by atoms with Gasteiger partial charge < -0.3 is 24.7 Å². The maximum Gasteiger partial charge on any atom is 0.328 e. The number of ether oxygens (including phenoxy) is 2. The Bertz CT molecular complexity index is 1250. The highest BCUT2D eigenvalue weighted by molar-refractivity contribution is 6.01. The number of methoxy groups -OCH3 is 1. The number of fused-ring (bicyclic) bond motifs is 1. The standard InChI is InChI=1S/C26H33N5O4/c1-6-35-25(33)20-11-17(13-31(20)21(32)12-26(2,3)4)30-14-19(16-8-7-9-18(10-16)34-5)22-23(27)28-15-29-24(22)30/h7-10,14-15,17,20H,6,11-13H2,1-5H3,(H2,27,28,29). The number of esters is 1. The van der Waals surface area contributed by atoms with E-state index in [0.29, 0.717) is 30.9 Å². The molecule has 3 aromatic rings. The van der Waals surface area contributed by atoms with Gasteiger partial charge in [0.1, 0.15) is 29.6 Å². The average Bonchev–Trinajstić information content (AvgIpc) is 3.41. The van der Waals surface area contributed by atoms with Crippen molar-refractivity contribution in [2.45, 2.75) is 52.6 Å². The van der Waals surface area contributed by atoms with Crippen molar-refractivity contribution in [2.24, 2.45) is 5.41 Å². The van der Waals surface area contributed by atoms with Crippen molar-refractivity contribution in [3.63, 3.8) is 0 Å². The third-order valence-electron chi connectivity index (χ3n) is 6.25. The summed E-state index contributed by atoms with van der Waals surface area (Å²) in [4.78, 5) is 36.5. The van der Waals surface area contributed by atoms with Crippen LogP contribution >= 0.6 is 0 Å². The molecule has 1 aliphatic rings. The second-order valence-corrected chi connectivity index (χ2v) is 10.1. The topological polar surface area (TPSA) is 113 Å². The van der Waals surface area contributed by atoms with E-state index in [2.05, 4.69) is 9.97 Å². The van der Waals surface area contributed by atoms with E-state index >= 15 is 0 Å². The van der Waals surface area contributed by atoms with Crippen LogP contribution in [0.4, 0.5) is 5.82 Å². The van der Waals surface area contributed by atoms with Gasteiger partial charge in [-0.25, -0.2) is 14.8 Å². The zero-order valence-electron chi connectivity index (χ0n) is 20.9. The van der Waals surface area contributed by atoms with Gasteiger partial charge in [-0.15, -0.1) is 0 Å². The third kappa shape index (κ3) is 4.94. The molecule has 9 heteroatoms. The lowest BCUT2D eigenvalue weighted by Crippen LogP contribution is -2.42. The Morgan fingerprint density at radius 3 is 2.69 bits per heavy atom. The number of benzene rings is 1. The van der Waals surface area contributed by atoms with Gasteiger partial charge in [0.05, 0.1) is 25.1 Å². The summed E-state index contributed by atoms with van der Waals surface area (Å²) in [6.45, 7) is 8.44. The minimum atomic E-state index is -0.647. The van der Waals surface area contributed by atoms with Crippen molar-refractivity contribution < 1.29 is 19.1 Å². The Kier molecular flexibility index (Phi) is 6.69. The molecular formula is C26H33N5O4. The summed E-state index contributed by atoms with van der Waals surface area (Å²) in [5.41, 5.74) is 8.54. The van der Waals surface area contributed by atoms with Gasteiger partial charge in [0.2, 0.25) is 5.91 Å². The van der Waals surface area contributed by atoms with E-state index in [-0.39, 0.29) is 29.9 Å². The highest BCUT2D eigenvalue weighted by Crippen LogP contribution is 2.39. The molecule has 186 valence electrons. The maximum atomic E-state index is 13.2. The van der Waals surface area contributed by atoms with Gasteiger partial charge >= 0.3 is 5.97 Å². The van der Waals surface area contributed by atoms with Crippen LogP contribution in [-0.4, -0.2) is 57.6 Å². The van der Waals surface area contributed by atoms with Gasteiger partial charge in [-0.2, -0.15) is 0 Å². The van der Waals surface area contributed by atoms with Gasteiger partial charge in [-0.3, -0.25) is 4.79 Å². The summed E-state index contributed by atoms with van der Waals surface area (Å²) in [5, 5.41) is 0.730. The molecule has 0 spiro atoms. The van der Waals surface area contributed by atoms with Crippen LogP contribution in [0.25, 0.3) is 22.2 Å². The number of rotatable bonds is 6. The van der Waals surface area contributed by atoms with E-state index in [4.69, 9.17) is 15.2 Å². The number of aromatic nitrogens is 3. The molecule has 0 bridgehead atoms. The van der Waals surface area contributed by atoms with Gasteiger partial charge in [0.25, 0.3) is 0 Å². The number of likely N-dealkylation sites (tertiary alicyclic amines) is 1. The van der Waals surface area contributed by atoms with Crippen molar-refractivity contribution in [1.29, 1.82) is 0 Å². The molecule has 9 nitrogen and oxygen atoms in total. The number of amides is 1. The SMILES string of the molecule is CCOC(=O)C1CC(n2cc(-c3cccc(OC)c3)c3c(N)ncnc32)CN1C(=O)CC(C)(C)C. The van der Waals surface area contributed by atoms with Crippen LogP contribution in [0.15, 0.2) is 36.8 Å². The lowest BCUT2D eigenvalue weighted by atomic mass is 9.91. The van der Waals surface area contributed by atoms with Crippen LogP contribution in [0.5, 0.6) is 5.75 Å². The number of nitrogens with two attached hydrogens (primary N) is 1. The van der Waals surface area contributed by atoms with Crippen molar-refractivity contribution in [2.75, 3.05) is 26.0 Å². The van der Waals surface area contributed by atoms with E-state index in [1.54, 1.807) is 18.9 Å². The van der Waals surface area contributed by atoms with Crippen molar-refractivity contribution in [3.05, 3.63) is 36.8 Å². The van der Waals surface area contributed by atoms with Crippen molar-refractivity contribution in [1.82, 2.24) is 19.4 Å². The Labute approximate surface area is 205 Å². The number of carbonyl (C=O) groups excluding carboxylic acids is 2. The fourth-order valence-corrected chi connectivity index (χ4v) is 4.70. The maximum absolute atomic E-state index is 13.2. The summed E-state index contributed by atoms with van der Waals surface area (Å²) >= 11 is 0. The minimum absolute atomic E-state index is 0.0586. The van der Waals surface area contributed by atoms with Gasteiger partial charge in [0, 0.05) is 31.1 Å². The van der Waals surface area contributed by atoms with Crippen LogP contribution in [0.2, 0.25) is 0 Å². The number of nitrogen functional groups attached to an aromatic ring is 1. The van der Waals surface area contributed by atoms with Crippen LogP contribution in [0, 0.1) is 5.41 Å². The third-order valence-corrected chi connectivity index (χ3v) is 6.25. The normalized spacial score (nSPS) is 18.1. The first kappa shape index (κ1) is 24.5. The summed E-state index contributed by atoms with van der Waals surface area (Å²) < 4.78 is 12.7. The number of hydrogen-bond donors (Lipinski definition) is 1. The quantitative estimate of drug-likeness (QED) is 0.535. The molecule has 35 heavy (non-hydrogen) atoms. The molecule has 2 atom stereocenters. The van der Waals surface area contributed by atoms with Crippen LogP contribution in [0.3, 0.4) is 0 Å². The second kappa shape index (κ2) is 9.56. The van der Waals surface area contributed by atoms with Gasteiger partial charge in [0.15, 0.2) is 0 Å². The molecule has 2 unspecified atom stereocenters. The summed E-state index contributed by atoms with van der Waals surface area (Å²) in [6.07, 6.45) is 4.19. The molecule has 1 amide bonds. The highest BCUT2D eigenvalue weighted by atomic mass is 16.5. The fraction of sp³-hybridized carbons (Fsp3) is 0.462. The highest BCUT2D eigenvalue weighted by Gasteiger charge is 2.42. The molecule has 3 heterocycles. The van der Waals surface area contributed by atoms with E-state index < -0.39 is 6.04 Å². The zero-order valence-corrected chi connectivity index (χ0v) is 20.9. The number of anilines is 1.